The first-order valence-electron chi connectivity index (χ1n) is 8.05. The Labute approximate surface area is 164 Å². The molecule has 3 heterocycles. The molecule has 11 heteroatoms. The Bertz CT molecular complexity index is 715. The Morgan fingerprint density at radius 3 is 2.62 bits per heavy atom. The van der Waals surface area contributed by atoms with E-state index in [2.05, 4.69) is 20.0 Å². The van der Waals surface area contributed by atoms with Gasteiger partial charge in [0.05, 0.1) is 12.5 Å². The first-order chi connectivity index (χ1) is 11.6. The Morgan fingerprint density at radius 1 is 1.31 bits per heavy atom. The molecule has 0 aromatic carbocycles. The fourth-order valence-corrected chi connectivity index (χ4v) is 2.91. The molecule has 0 radical (unpaired) electrons. The van der Waals surface area contributed by atoms with Crippen molar-refractivity contribution in [1.29, 1.82) is 0 Å². The summed E-state index contributed by atoms with van der Waals surface area (Å²) in [6.45, 7) is 5.10. The number of piperazine rings is 1. The first-order valence-corrected chi connectivity index (χ1v) is 8.05. The van der Waals surface area contributed by atoms with Crippen molar-refractivity contribution in [1.82, 2.24) is 24.5 Å². The van der Waals surface area contributed by atoms with Crippen molar-refractivity contribution in [2.24, 2.45) is 5.73 Å². The molecule has 0 bridgehead atoms. The van der Waals surface area contributed by atoms with Crippen LogP contribution in [0.25, 0.3) is 5.78 Å². The first kappa shape index (κ1) is 22.4. The van der Waals surface area contributed by atoms with E-state index in [0.29, 0.717) is 31.8 Å². The molecule has 1 saturated heterocycles. The Hall–Kier alpha value is -1.68. The van der Waals surface area contributed by atoms with E-state index in [1.807, 2.05) is 17.9 Å². The third kappa shape index (κ3) is 4.73. The lowest BCUT2D eigenvalue weighted by Crippen LogP contribution is -2.50. The van der Waals surface area contributed by atoms with E-state index in [-0.39, 0.29) is 36.8 Å². The third-order valence-corrected chi connectivity index (χ3v) is 4.32. The molecule has 1 aliphatic rings. The van der Waals surface area contributed by atoms with Gasteiger partial charge in [0.15, 0.2) is 0 Å². The van der Waals surface area contributed by atoms with Gasteiger partial charge in [-0.1, -0.05) is 0 Å². The predicted octanol–water partition coefficient (Wildman–Crippen LogP) is 0.289. The number of aromatic nitrogens is 4. The van der Waals surface area contributed by atoms with Crippen LogP contribution in [0, 0.1) is 6.92 Å². The van der Waals surface area contributed by atoms with Gasteiger partial charge >= 0.3 is 0 Å². The van der Waals surface area contributed by atoms with E-state index in [4.69, 9.17) is 10.5 Å². The summed E-state index contributed by atoms with van der Waals surface area (Å²) >= 11 is 0. The number of carbonyl (C=O) groups excluding carboxylic acids is 1. The van der Waals surface area contributed by atoms with Crippen LogP contribution < -0.4 is 10.6 Å². The Balaban J connectivity index is 0.00000169. The number of hydrogen-bond acceptors (Lipinski definition) is 7. The predicted molar refractivity (Wildman–Crippen MR) is 103 cm³/mol. The minimum atomic E-state index is -0.215. The van der Waals surface area contributed by atoms with Gasteiger partial charge in [-0.05, 0) is 6.92 Å². The van der Waals surface area contributed by atoms with Gasteiger partial charge in [0.25, 0.3) is 5.78 Å². The molecule has 1 aliphatic heterocycles. The number of rotatable bonds is 5. The van der Waals surface area contributed by atoms with Crippen molar-refractivity contribution in [3.8, 4) is 0 Å². The highest BCUT2D eigenvalue weighted by atomic mass is 35.5. The van der Waals surface area contributed by atoms with Crippen molar-refractivity contribution >= 4 is 42.3 Å². The number of halogens is 2. The lowest BCUT2D eigenvalue weighted by atomic mass is 10.2. The number of nitrogens with zero attached hydrogens (tertiary/aromatic N) is 6. The summed E-state index contributed by atoms with van der Waals surface area (Å²) in [5.74, 6) is 1.64. The van der Waals surface area contributed by atoms with E-state index < -0.39 is 0 Å². The number of methoxy groups -OCH3 is 1. The van der Waals surface area contributed by atoms with Crippen LogP contribution in [0.15, 0.2) is 12.4 Å². The molecule has 1 unspecified atom stereocenters. The van der Waals surface area contributed by atoms with E-state index in [1.54, 1.807) is 11.6 Å². The summed E-state index contributed by atoms with van der Waals surface area (Å²) < 4.78 is 6.93. The van der Waals surface area contributed by atoms with Crippen LogP contribution in [-0.2, 0) is 9.53 Å². The van der Waals surface area contributed by atoms with E-state index >= 15 is 0 Å². The summed E-state index contributed by atoms with van der Waals surface area (Å²) in [5.41, 5.74) is 6.49. The average Bonchev–Trinajstić information content (AvgIpc) is 3.07. The Morgan fingerprint density at radius 2 is 2.00 bits per heavy atom. The second-order valence-corrected chi connectivity index (χ2v) is 5.89. The molecule has 9 nitrogen and oxygen atoms in total. The maximum absolute atomic E-state index is 12.3. The summed E-state index contributed by atoms with van der Waals surface area (Å²) in [4.78, 5) is 24.9. The molecule has 1 fully saturated rings. The summed E-state index contributed by atoms with van der Waals surface area (Å²) in [5, 5.41) is 4.24. The number of hydrogen-bond donors (Lipinski definition) is 1. The number of anilines is 1. The highest BCUT2D eigenvalue weighted by molar-refractivity contribution is 5.85. The third-order valence-electron chi connectivity index (χ3n) is 4.32. The highest BCUT2D eigenvalue weighted by Crippen LogP contribution is 2.18. The van der Waals surface area contributed by atoms with Crippen molar-refractivity contribution < 1.29 is 9.53 Å². The Kier molecular flexibility index (Phi) is 8.48. The molecule has 0 aliphatic carbocycles. The fourth-order valence-electron chi connectivity index (χ4n) is 2.91. The summed E-state index contributed by atoms with van der Waals surface area (Å²) in [7, 11) is 1.58. The minimum absolute atomic E-state index is 0. The zero-order valence-electron chi connectivity index (χ0n) is 14.9. The number of fused-ring (bicyclic) bond motifs is 1. The summed E-state index contributed by atoms with van der Waals surface area (Å²) in [6.07, 6.45) is 1.62. The molecule has 2 aromatic rings. The van der Waals surface area contributed by atoms with Crippen LogP contribution in [0.3, 0.4) is 0 Å². The van der Waals surface area contributed by atoms with Crippen molar-refractivity contribution in [3.05, 3.63) is 18.1 Å². The zero-order chi connectivity index (χ0) is 17.1. The van der Waals surface area contributed by atoms with Gasteiger partial charge in [-0.2, -0.15) is 14.6 Å². The lowest BCUT2D eigenvalue weighted by molar-refractivity contribution is -0.133. The number of aryl methyl sites for hydroxylation is 1. The SMILES string of the molecule is COC(CN)CC(=O)N1CCN(c2cc(C)nc3ncnn23)CC1.Cl.Cl. The van der Waals surface area contributed by atoms with Crippen LogP contribution in [0.5, 0.6) is 0 Å². The molecule has 2 aromatic heterocycles. The van der Waals surface area contributed by atoms with Crippen LogP contribution >= 0.6 is 24.8 Å². The van der Waals surface area contributed by atoms with Crippen LogP contribution in [-0.4, -0.2) is 76.3 Å². The van der Waals surface area contributed by atoms with E-state index in [0.717, 1.165) is 24.6 Å². The van der Waals surface area contributed by atoms with E-state index in [1.165, 1.54) is 6.33 Å². The van der Waals surface area contributed by atoms with Crippen LogP contribution in [0.2, 0.25) is 0 Å². The molecular formula is C15H25Cl2N7O2. The van der Waals surface area contributed by atoms with Crippen molar-refractivity contribution in [3.63, 3.8) is 0 Å². The van der Waals surface area contributed by atoms with Gasteiger partial charge in [0.1, 0.15) is 12.1 Å². The number of carbonyl (C=O) groups is 1. The molecule has 3 rings (SSSR count). The van der Waals surface area contributed by atoms with Gasteiger partial charge in [-0.15, -0.1) is 24.8 Å². The van der Waals surface area contributed by atoms with Crippen LogP contribution in [0.4, 0.5) is 5.82 Å². The lowest BCUT2D eigenvalue weighted by Gasteiger charge is -2.36. The molecule has 146 valence electrons. The van der Waals surface area contributed by atoms with Gasteiger partial charge < -0.3 is 20.3 Å². The van der Waals surface area contributed by atoms with Gasteiger partial charge in [-0.3, -0.25) is 4.79 Å². The summed E-state index contributed by atoms with van der Waals surface area (Å²) in [6, 6.07) is 1.99. The largest absolute Gasteiger partial charge is 0.380 e. The smallest absolute Gasteiger partial charge is 0.254 e. The number of nitrogens with two attached hydrogens (primary N) is 1. The quantitative estimate of drug-likeness (QED) is 0.762. The molecule has 2 N–H and O–H groups in total. The molecular weight excluding hydrogens is 381 g/mol. The highest BCUT2D eigenvalue weighted by Gasteiger charge is 2.24. The fraction of sp³-hybridized carbons (Fsp3) is 0.600. The molecule has 1 amide bonds. The minimum Gasteiger partial charge on any atom is -0.380 e. The van der Waals surface area contributed by atoms with Crippen molar-refractivity contribution in [2.45, 2.75) is 19.4 Å². The molecule has 0 saturated carbocycles. The number of amides is 1. The topological polar surface area (TPSA) is 102 Å². The van der Waals surface area contributed by atoms with Crippen LogP contribution in [0.1, 0.15) is 12.1 Å². The second kappa shape index (κ2) is 9.86. The molecule has 1 atom stereocenters. The standard InChI is InChI=1S/C15H23N7O2.2ClH/c1-11-7-13(22-15(19-11)17-10-18-22)20-3-5-21(6-4-20)14(23)8-12(9-16)24-2;;/h7,10,12H,3-6,8-9,16H2,1-2H3;2*1H. The monoisotopic (exact) mass is 405 g/mol. The van der Waals surface area contributed by atoms with Gasteiger partial charge in [0, 0.05) is 51.6 Å². The van der Waals surface area contributed by atoms with Crippen molar-refractivity contribution in [2.75, 3.05) is 44.7 Å². The van der Waals surface area contributed by atoms with Gasteiger partial charge in [-0.25, -0.2) is 4.98 Å². The normalized spacial score (nSPS) is 15.3. The zero-order valence-corrected chi connectivity index (χ0v) is 16.5. The molecule has 0 spiro atoms. The average molecular weight is 406 g/mol. The maximum atomic E-state index is 12.3. The molecule has 26 heavy (non-hydrogen) atoms. The number of ether oxygens (including phenoxy) is 1. The second-order valence-electron chi connectivity index (χ2n) is 5.89. The van der Waals surface area contributed by atoms with Gasteiger partial charge in [0.2, 0.25) is 5.91 Å². The maximum Gasteiger partial charge on any atom is 0.254 e. The van der Waals surface area contributed by atoms with E-state index in [9.17, 15) is 4.79 Å².